The molecule has 1 aliphatic rings. The molecule has 3 N–H and O–H groups in total. The van der Waals surface area contributed by atoms with Gasteiger partial charge in [-0.15, -0.1) is 0 Å². The molecule has 1 heterocycles. The van der Waals surface area contributed by atoms with Gasteiger partial charge in [0, 0.05) is 6.07 Å². The molecule has 0 aliphatic carbocycles. The highest BCUT2D eigenvalue weighted by Gasteiger charge is 2.19. The maximum absolute atomic E-state index is 9.39. The Balaban J connectivity index is 2.58. The van der Waals surface area contributed by atoms with Crippen LogP contribution in [0.25, 0.3) is 5.76 Å². The summed E-state index contributed by atoms with van der Waals surface area (Å²) in [6, 6.07) is 4.28. The Labute approximate surface area is 74.3 Å². The number of rotatable bonds is 0. The van der Waals surface area contributed by atoms with E-state index in [-0.39, 0.29) is 23.9 Å². The number of benzene rings is 1. The first-order chi connectivity index (χ1) is 6.18. The van der Waals surface area contributed by atoms with Gasteiger partial charge in [0.05, 0.1) is 5.56 Å². The Morgan fingerprint density at radius 3 is 2.69 bits per heavy atom. The van der Waals surface area contributed by atoms with Crippen LogP contribution in [0.5, 0.6) is 11.5 Å². The standard InChI is InChI=1S/C9H8O4/c10-5-1-2-6-8(3-5)13-4-7(11)9(6)12/h1-3,10-12H,4H2. The number of aliphatic hydroxyl groups is 2. The van der Waals surface area contributed by atoms with Crippen LogP contribution < -0.4 is 4.74 Å². The predicted octanol–water partition coefficient (Wildman–Crippen LogP) is 1.57. The number of fused-ring (bicyclic) bond motifs is 1. The summed E-state index contributed by atoms with van der Waals surface area (Å²) in [7, 11) is 0. The summed E-state index contributed by atoms with van der Waals surface area (Å²) in [5.74, 6) is 0.0441. The van der Waals surface area contributed by atoms with Crippen molar-refractivity contribution in [3.63, 3.8) is 0 Å². The number of phenols is 1. The Morgan fingerprint density at radius 2 is 1.92 bits per heavy atom. The van der Waals surface area contributed by atoms with Gasteiger partial charge in [-0.25, -0.2) is 0 Å². The molecular weight excluding hydrogens is 172 g/mol. The van der Waals surface area contributed by atoms with Gasteiger partial charge in [-0.05, 0) is 12.1 Å². The van der Waals surface area contributed by atoms with E-state index in [0.717, 1.165) is 0 Å². The van der Waals surface area contributed by atoms with Crippen LogP contribution in [0.15, 0.2) is 24.0 Å². The number of phenolic OH excluding ortho intramolecular Hbond substituents is 1. The first kappa shape index (κ1) is 7.79. The molecule has 0 unspecified atom stereocenters. The summed E-state index contributed by atoms with van der Waals surface area (Å²) in [5, 5.41) is 27.6. The molecule has 4 nitrogen and oxygen atoms in total. The lowest BCUT2D eigenvalue weighted by atomic mass is 10.1. The second-order valence-corrected chi connectivity index (χ2v) is 2.76. The summed E-state index contributed by atoms with van der Waals surface area (Å²) >= 11 is 0. The molecule has 0 fully saturated rings. The zero-order valence-electron chi connectivity index (χ0n) is 6.69. The lowest BCUT2D eigenvalue weighted by Crippen LogP contribution is -2.10. The zero-order valence-corrected chi connectivity index (χ0v) is 6.69. The van der Waals surface area contributed by atoms with Crippen LogP contribution in [-0.4, -0.2) is 21.9 Å². The number of aliphatic hydroxyl groups excluding tert-OH is 2. The molecule has 0 saturated heterocycles. The van der Waals surface area contributed by atoms with Crippen LogP contribution in [-0.2, 0) is 0 Å². The SMILES string of the molecule is OC1=C(O)c2ccc(O)cc2OC1. The molecule has 68 valence electrons. The van der Waals surface area contributed by atoms with E-state index >= 15 is 0 Å². The molecule has 1 aliphatic heterocycles. The molecule has 0 saturated carbocycles. The Morgan fingerprint density at radius 1 is 1.15 bits per heavy atom. The highest BCUT2D eigenvalue weighted by atomic mass is 16.5. The molecule has 1 aromatic rings. The van der Waals surface area contributed by atoms with Crippen molar-refractivity contribution in [2.45, 2.75) is 0 Å². The van der Waals surface area contributed by atoms with Gasteiger partial charge in [0.15, 0.2) is 11.5 Å². The highest BCUT2D eigenvalue weighted by molar-refractivity contribution is 5.68. The summed E-state index contributed by atoms with van der Waals surface area (Å²) < 4.78 is 5.06. The normalized spacial score (nSPS) is 15.1. The monoisotopic (exact) mass is 180 g/mol. The van der Waals surface area contributed by atoms with Crippen molar-refractivity contribution in [1.82, 2.24) is 0 Å². The topological polar surface area (TPSA) is 69.9 Å². The number of aromatic hydroxyl groups is 1. The Kier molecular flexibility index (Phi) is 1.55. The Bertz CT molecular complexity index is 381. The van der Waals surface area contributed by atoms with Gasteiger partial charge in [-0.1, -0.05) is 0 Å². The second-order valence-electron chi connectivity index (χ2n) is 2.76. The number of ether oxygens (including phenoxy) is 1. The van der Waals surface area contributed by atoms with Gasteiger partial charge < -0.3 is 20.1 Å². The van der Waals surface area contributed by atoms with Crippen LogP contribution >= 0.6 is 0 Å². The summed E-state index contributed by atoms with van der Waals surface area (Å²) in [6.45, 7) is -0.0672. The van der Waals surface area contributed by atoms with Crippen molar-refractivity contribution in [3.8, 4) is 11.5 Å². The van der Waals surface area contributed by atoms with Crippen molar-refractivity contribution in [2.24, 2.45) is 0 Å². The van der Waals surface area contributed by atoms with Gasteiger partial charge in [0.1, 0.15) is 18.1 Å². The number of hydrogen-bond donors (Lipinski definition) is 3. The minimum Gasteiger partial charge on any atom is -0.508 e. The fourth-order valence-corrected chi connectivity index (χ4v) is 1.20. The largest absolute Gasteiger partial charge is 0.508 e. The maximum Gasteiger partial charge on any atom is 0.173 e. The maximum atomic E-state index is 9.39. The zero-order chi connectivity index (χ0) is 9.42. The molecular formula is C9H8O4. The molecule has 13 heavy (non-hydrogen) atoms. The van der Waals surface area contributed by atoms with Gasteiger partial charge in [0.2, 0.25) is 0 Å². The van der Waals surface area contributed by atoms with Crippen LogP contribution in [0, 0.1) is 0 Å². The fourth-order valence-electron chi connectivity index (χ4n) is 1.20. The molecule has 4 heteroatoms. The third kappa shape index (κ3) is 1.16. The molecule has 0 radical (unpaired) electrons. The van der Waals surface area contributed by atoms with Crippen LogP contribution in [0.3, 0.4) is 0 Å². The van der Waals surface area contributed by atoms with Crippen molar-refractivity contribution < 1.29 is 20.1 Å². The summed E-state index contributed by atoms with van der Waals surface area (Å²) in [6.07, 6.45) is 0. The molecule has 0 aromatic heterocycles. The third-order valence-electron chi connectivity index (χ3n) is 1.86. The minimum absolute atomic E-state index is 0.0629. The van der Waals surface area contributed by atoms with Gasteiger partial charge in [0.25, 0.3) is 0 Å². The molecule has 0 amide bonds. The van der Waals surface area contributed by atoms with Gasteiger partial charge in [-0.2, -0.15) is 0 Å². The van der Waals surface area contributed by atoms with E-state index in [4.69, 9.17) is 14.9 Å². The van der Waals surface area contributed by atoms with Gasteiger partial charge >= 0.3 is 0 Å². The quantitative estimate of drug-likeness (QED) is 0.566. The van der Waals surface area contributed by atoms with Gasteiger partial charge in [-0.3, -0.25) is 0 Å². The molecule has 1 aromatic carbocycles. The smallest absolute Gasteiger partial charge is 0.173 e. The first-order valence-electron chi connectivity index (χ1n) is 3.76. The van der Waals surface area contributed by atoms with Crippen molar-refractivity contribution in [1.29, 1.82) is 0 Å². The van der Waals surface area contributed by atoms with E-state index < -0.39 is 0 Å². The van der Waals surface area contributed by atoms with E-state index in [0.29, 0.717) is 11.3 Å². The van der Waals surface area contributed by atoms with E-state index in [9.17, 15) is 5.11 Å². The first-order valence-corrected chi connectivity index (χ1v) is 3.76. The molecule has 2 rings (SSSR count). The van der Waals surface area contributed by atoms with Crippen LogP contribution in [0.2, 0.25) is 0 Å². The third-order valence-corrected chi connectivity index (χ3v) is 1.86. The van der Waals surface area contributed by atoms with Crippen molar-refractivity contribution in [3.05, 3.63) is 29.5 Å². The summed E-state index contributed by atoms with van der Waals surface area (Å²) in [5.41, 5.74) is 0.390. The van der Waals surface area contributed by atoms with E-state index in [1.807, 2.05) is 0 Å². The molecule has 0 bridgehead atoms. The van der Waals surface area contributed by atoms with Crippen molar-refractivity contribution in [2.75, 3.05) is 6.61 Å². The van der Waals surface area contributed by atoms with Crippen molar-refractivity contribution >= 4 is 5.76 Å². The van der Waals surface area contributed by atoms with E-state index in [1.165, 1.54) is 18.2 Å². The fraction of sp³-hybridized carbons (Fsp3) is 0.111. The average molecular weight is 180 g/mol. The molecule has 0 atom stereocenters. The van der Waals surface area contributed by atoms with Crippen LogP contribution in [0.4, 0.5) is 0 Å². The molecule has 0 spiro atoms. The lowest BCUT2D eigenvalue weighted by molar-refractivity contribution is 0.248. The van der Waals surface area contributed by atoms with Crippen LogP contribution in [0.1, 0.15) is 5.56 Å². The second kappa shape index (κ2) is 2.58. The summed E-state index contributed by atoms with van der Waals surface area (Å²) in [4.78, 5) is 0. The average Bonchev–Trinajstić information content (AvgIpc) is 2.12. The minimum atomic E-state index is -0.196. The lowest BCUT2D eigenvalue weighted by Gasteiger charge is -2.17. The van der Waals surface area contributed by atoms with E-state index in [2.05, 4.69) is 0 Å². The Hall–Kier alpha value is -1.84. The predicted molar refractivity (Wildman–Crippen MR) is 45.8 cm³/mol. The highest BCUT2D eigenvalue weighted by Crippen LogP contribution is 2.32. The number of hydrogen-bond acceptors (Lipinski definition) is 4. The van der Waals surface area contributed by atoms with E-state index in [1.54, 1.807) is 0 Å².